The Balaban J connectivity index is 1.62. The lowest BCUT2D eigenvalue weighted by molar-refractivity contribution is 0.575. The summed E-state index contributed by atoms with van der Waals surface area (Å²) >= 11 is 14.1. The van der Waals surface area contributed by atoms with Gasteiger partial charge in [0.2, 0.25) is 10.0 Å². The predicted octanol–water partition coefficient (Wildman–Crippen LogP) is 6.95. The fourth-order valence-corrected chi connectivity index (χ4v) is 6.12. The number of sulfonamides is 1. The molecule has 0 spiro atoms. The Labute approximate surface area is 232 Å². The molecule has 6 nitrogen and oxygen atoms in total. The van der Waals surface area contributed by atoms with Gasteiger partial charge in [0, 0.05) is 10.8 Å². The average Bonchev–Trinajstić information content (AvgIpc) is 3.24. The van der Waals surface area contributed by atoms with E-state index in [0.29, 0.717) is 32.5 Å². The molecule has 4 rings (SSSR count). The zero-order valence-electron chi connectivity index (χ0n) is 21.0. The van der Waals surface area contributed by atoms with Crippen molar-refractivity contribution in [2.45, 2.75) is 55.5 Å². The van der Waals surface area contributed by atoms with Gasteiger partial charge >= 0.3 is 0 Å². The molecule has 4 aromatic rings. The molecule has 1 aromatic heterocycles. The van der Waals surface area contributed by atoms with E-state index in [1.807, 2.05) is 31.2 Å². The largest absolute Gasteiger partial charge is 0.271 e. The second-order valence-electron chi connectivity index (χ2n) is 9.71. The Morgan fingerprint density at radius 2 is 1.70 bits per heavy atom. The lowest BCUT2D eigenvalue weighted by Crippen LogP contribution is -2.25. The van der Waals surface area contributed by atoms with Crippen LogP contribution >= 0.6 is 35.0 Å². The van der Waals surface area contributed by atoms with E-state index in [0.717, 1.165) is 11.1 Å². The first kappa shape index (κ1) is 27.7. The van der Waals surface area contributed by atoms with Crippen molar-refractivity contribution in [2.75, 3.05) is 0 Å². The van der Waals surface area contributed by atoms with Gasteiger partial charge in [-0.2, -0.15) is 0 Å². The molecule has 0 aliphatic heterocycles. The normalized spacial score (nSPS) is 12.2. The van der Waals surface area contributed by atoms with Gasteiger partial charge in [-0.15, -0.1) is 10.2 Å². The fraction of sp³-hybridized carbons (Fsp3) is 0.259. The molecule has 0 saturated heterocycles. The number of nitrogens with one attached hydrogen (secondary N) is 1. The van der Waals surface area contributed by atoms with Crippen LogP contribution < -0.4 is 4.72 Å². The van der Waals surface area contributed by atoms with Crippen LogP contribution in [0.1, 0.15) is 43.3 Å². The van der Waals surface area contributed by atoms with Crippen LogP contribution in [-0.2, 0) is 27.7 Å². The monoisotopic (exact) mass is 574 g/mol. The van der Waals surface area contributed by atoms with Crippen molar-refractivity contribution in [3.63, 3.8) is 0 Å². The molecule has 0 amide bonds. The summed E-state index contributed by atoms with van der Waals surface area (Å²) in [5, 5.41) is 10.2. The minimum atomic E-state index is -3.78. The summed E-state index contributed by atoms with van der Waals surface area (Å²) in [7, 11) is -3.78. The lowest BCUT2D eigenvalue weighted by Gasteiger charge is -2.19. The third kappa shape index (κ3) is 6.75. The smallest absolute Gasteiger partial charge is 0.240 e. The van der Waals surface area contributed by atoms with Crippen LogP contribution in [-0.4, -0.2) is 23.2 Å². The molecule has 0 bridgehead atoms. The molecule has 37 heavy (non-hydrogen) atoms. The van der Waals surface area contributed by atoms with Crippen molar-refractivity contribution in [3.05, 3.63) is 99.3 Å². The van der Waals surface area contributed by atoms with E-state index in [1.165, 1.54) is 17.3 Å². The van der Waals surface area contributed by atoms with E-state index in [-0.39, 0.29) is 16.9 Å². The molecule has 0 radical (unpaired) electrons. The van der Waals surface area contributed by atoms with Crippen LogP contribution in [0.2, 0.25) is 10.0 Å². The standard InChI is InChI=1S/C27H28Cl2N4O2S2/c1-18-6-5-7-19(14-18)17-36-26-32-31-25(33(26)24-13-10-21(28)15-23(24)29)16-30-37(34,35)22-11-8-20(9-12-22)27(2,3)4/h5-15,30H,16-17H2,1-4H3. The molecule has 1 heterocycles. The Morgan fingerprint density at radius 3 is 2.35 bits per heavy atom. The van der Waals surface area contributed by atoms with Gasteiger partial charge in [-0.1, -0.05) is 97.7 Å². The Hall–Kier alpha value is -2.36. The summed E-state index contributed by atoms with van der Waals surface area (Å²) in [6.07, 6.45) is 0. The SMILES string of the molecule is Cc1cccc(CSc2nnc(CNS(=O)(=O)c3ccc(C(C)(C)C)cc3)n2-c2ccc(Cl)cc2Cl)c1. The van der Waals surface area contributed by atoms with Crippen LogP contribution in [0.3, 0.4) is 0 Å². The summed E-state index contributed by atoms with van der Waals surface area (Å²) in [6, 6.07) is 20.3. The van der Waals surface area contributed by atoms with Crippen LogP contribution in [0.25, 0.3) is 5.69 Å². The summed E-state index contributed by atoms with van der Waals surface area (Å²) in [5.74, 6) is 1.07. The summed E-state index contributed by atoms with van der Waals surface area (Å²) in [4.78, 5) is 0.185. The molecular weight excluding hydrogens is 547 g/mol. The molecule has 0 fully saturated rings. The van der Waals surface area contributed by atoms with E-state index in [2.05, 4.69) is 47.8 Å². The third-order valence-corrected chi connectivity index (χ3v) is 8.71. The van der Waals surface area contributed by atoms with Gasteiger partial charge in [-0.25, -0.2) is 13.1 Å². The maximum absolute atomic E-state index is 13.1. The van der Waals surface area contributed by atoms with Gasteiger partial charge in [-0.3, -0.25) is 4.57 Å². The number of aryl methyl sites for hydroxylation is 1. The van der Waals surface area contributed by atoms with E-state index >= 15 is 0 Å². The minimum absolute atomic E-state index is 0.0691. The third-order valence-electron chi connectivity index (χ3n) is 5.75. The Morgan fingerprint density at radius 1 is 0.973 bits per heavy atom. The Kier molecular flexibility index (Phi) is 8.35. The van der Waals surface area contributed by atoms with Gasteiger partial charge < -0.3 is 0 Å². The number of hydrogen-bond donors (Lipinski definition) is 1. The highest BCUT2D eigenvalue weighted by Crippen LogP contribution is 2.31. The maximum Gasteiger partial charge on any atom is 0.240 e. The van der Waals surface area contributed by atoms with Crippen molar-refractivity contribution in [1.82, 2.24) is 19.5 Å². The molecule has 194 valence electrons. The summed E-state index contributed by atoms with van der Waals surface area (Å²) in [6.45, 7) is 8.22. The lowest BCUT2D eigenvalue weighted by atomic mass is 9.87. The summed E-state index contributed by atoms with van der Waals surface area (Å²) < 4.78 is 30.5. The molecular formula is C27H28Cl2N4O2S2. The van der Waals surface area contributed by atoms with Gasteiger partial charge in [-0.05, 0) is 53.8 Å². The zero-order chi connectivity index (χ0) is 26.8. The highest BCUT2D eigenvalue weighted by Gasteiger charge is 2.21. The van der Waals surface area contributed by atoms with Gasteiger partial charge in [0.05, 0.1) is 22.2 Å². The number of nitrogens with zero attached hydrogens (tertiary/aromatic N) is 3. The van der Waals surface area contributed by atoms with E-state index in [1.54, 1.807) is 34.9 Å². The second kappa shape index (κ2) is 11.2. The van der Waals surface area contributed by atoms with Crippen LogP contribution in [0, 0.1) is 6.92 Å². The molecule has 0 aliphatic carbocycles. The van der Waals surface area contributed by atoms with Crippen molar-refractivity contribution in [3.8, 4) is 5.69 Å². The van der Waals surface area contributed by atoms with E-state index in [9.17, 15) is 8.42 Å². The van der Waals surface area contributed by atoms with Gasteiger partial charge in [0.25, 0.3) is 0 Å². The number of thioether (sulfide) groups is 1. The number of benzene rings is 3. The number of aromatic nitrogens is 3. The minimum Gasteiger partial charge on any atom is -0.271 e. The number of hydrogen-bond acceptors (Lipinski definition) is 5. The topological polar surface area (TPSA) is 76.9 Å². The first-order chi connectivity index (χ1) is 17.4. The first-order valence-corrected chi connectivity index (χ1v) is 14.8. The van der Waals surface area contributed by atoms with Gasteiger partial charge in [0.1, 0.15) is 0 Å². The Bertz CT molecular complexity index is 1510. The maximum atomic E-state index is 13.1. The second-order valence-corrected chi connectivity index (χ2v) is 13.3. The number of halogens is 2. The van der Waals surface area contributed by atoms with Crippen LogP contribution in [0.15, 0.2) is 76.8 Å². The summed E-state index contributed by atoms with van der Waals surface area (Å²) in [5.41, 5.74) is 3.91. The fourth-order valence-electron chi connectivity index (χ4n) is 3.74. The van der Waals surface area contributed by atoms with Crippen molar-refractivity contribution >= 4 is 45.0 Å². The first-order valence-electron chi connectivity index (χ1n) is 11.6. The number of rotatable bonds is 8. The zero-order valence-corrected chi connectivity index (χ0v) is 24.1. The predicted molar refractivity (Wildman–Crippen MR) is 151 cm³/mol. The van der Waals surface area contributed by atoms with Crippen molar-refractivity contribution in [1.29, 1.82) is 0 Å². The highest BCUT2D eigenvalue weighted by atomic mass is 35.5. The molecule has 10 heteroatoms. The molecule has 0 atom stereocenters. The van der Waals surface area contributed by atoms with E-state index in [4.69, 9.17) is 23.2 Å². The average molecular weight is 576 g/mol. The van der Waals surface area contributed by atoms with Crippen LogP contribution in [0.5, 0.6) is 0 Å². The van der Waals surface area contributed by atoms with Crippen molar-refractivity contribution in [2.24, 2.45) is 0 Å². The highest BCUT2D eigenvalue weighted by molar-refractivity contribution is 7.98. The van der Waals surface area contributed by atoms with E-state index < -0.39 is 10.0 Å². The van der Waals surface area contributed by atoms with Crippen molar-refractivity contribution < 1.29 is 8.42 Å². The van der Waals surface area contributed by atoms with Gasteiger partial charge in [0.15, 0.2) is 11.0 Å². The van der Waals surface area contributed by atoms with Crippen LogP contribution in [0.4, 0.5) is 0 Å². The molecule has 1 N–H and O–H groups in total. The molecule has 0 unspecified atom stereocenters. The molecule has 3 aromatic carbocycles. The molecule has 0 aliphatic rings. The quantitative estimate of drug-likeness (QED) is 0.230. The molecule has 0 saturated carbocycles.